The Morgan fingerprint density at radius 2 is 1.93 bits per heavy atom. The lowest BCUT2D eigenvalue weighted by molar-refractivity contribution is -0.384. The lowest BCUT2D eigenvalue weighted by Gasteiger charge is -2.11. The molecule has 7 nitrogen and oxygen atoms in total. The van der Waals surface area contributed by atoms with Crippen LogP contribution >= 0.6 is 22.9 Å². The summed E-state index contributed by atoms with van der Waals surface area (Å²) in [7, 11) is 1.31. The van der Waals surface area contributed by atoms with E-state index in [4.69, 9.17) is 16.3 Å². The number of carbonyl (C=O) groups is 2. The number of nitro benzene ring substituents is 1. The summed E-state index contributed by atoms with van der Waals surface area (Å²) in [5.41, 5.74) is 1.25. The Kier molecular flexibility index (Phi) is 6.31. The highest BCUT2D eigenvalue weighted by Gasteiger charge is 2.26. The second-order valence-corrected chi connectivity index (χ2v) is 8.00. The van der Waals surface area contributed by atoms with Gasteiger partial charge in [-0.3, -0.25) is 14.9 Å². The number of aryl methyl sites for hydroxylation is 1. The van der Waals surface area contributed by atoms with Gasteiger partial charge in [-0.25, -0.2) is 4.79 Å². The first-order valence-electron chi connectivity index (χ1n) is 8.90. The molecule has 1 amide bonds. The zero-order valence-electron chi connectivity index (χ0n) is 15.2. The van der Waals surface area contributed by atoms with E-state index in [9.17, 15) is 19.7 Å². The molecule has 28 heavy (non-hydrogen) atoms. The molecule has 1 heterocycles. The van der Waals surface area contributed by atoms with Crippen molar-refractivity contribution in [1.29, 1.82) is 0 Å². The molecular weight excluding hydrogens is 404 g/mol. The van der Waals surface area contributed by atoms with Gasteiger partial charge in [0.1, 0.15) is 5.00 Å². The smallest absolute Gasteiger partial charge is 0.341 e. The molecule has 0 saturated carbocycles. The molecule has 2 aromatic rings. The molecule has 148 valence electrons. The number of esters is 1. The lowest BCUT2D eigenvalue weighted by Crippen LogP contribution is -2.15. The average Bonchev–Trinajstić information content (AvgIpc) is 2.96. The third-order valence-corrected chi connectivity index (χ3v) is 6.22. The largest absolute Gasteiger partial charge is 0.465 e. The van der Waals surface area contributed by atoms with E-state index >= 15 is 0 Å². The van der Waals surface area contributed by atoms with Gasteiger partial charge in [0.25, 0.3) is 11.6 Å². The summed E-state index contributed by atoms with van der Waals surface area (Å²) in [6.07, 6.45) is 5.90. The average molecular weight is 423 g/mol. The molecule has 0 radical (unpaired) electrons. The molecule has 0 atom stereocenters. The van der Waals surface area contributed by atoms with Gasteiger partial charge in [0.05, 0.1) is 28.2 Å². The van der Waals surface area contributed by atoms with Gasteiger partial charge in [-0.05, 0) is 37.3 Å². The third-order valence-electron chi connectivity index (χ3n) is 4.70. The summed E-state index contributed by atoms with van der Waals surface area (Å²) in [5, 5.41) is 14.0. The van der Waals surface area contributed by atoms with Gasteiger partial charge in [-0.15, -0.1) is 11.3 Å². The first-order valence-corrected chi connectivity index (χ1v) is 10.1. The number of carbonyl (C=O) groups excluding carboxylic acids is 2. The number of thiophene rings is 1. The van der Waals surface area contributed by atoms with E-state index in [0.29, 0.717) is 10.6 Å². The van der Waals surface area contributed by atoms with E-state index in [1.807, 2.05) is 0 Å². The predicted octanol–water partition coefficient (Wildman–Crippen LogP) is 5.01. The van der Waals surface area contributed by atoms with Gasteiger partial charge in [0, 0.05) is 17.0 Å². The standard InChI is InChI=1S/C19H19ClN2O5S/c1-27-19(24)16-13-6-4-2-3-5-7-15(13)28-18(16)21-17(23)12-9-8-11(22(25)26)10-14(12)20/h8-10H,2-7H2,1H3,(H,21,23). The summed E-state index contributed by atoms with van der Waals surface area (Å²) in [5.74, 6) is -1.01. The van der Waals surface area contributed by atoms with Crippen molar-refractivity contribution in [2.24, 2.45) is 0 Å². The van der Waals surface area contributed by atoms with Gasteiger partial charge < -0.3 is 10.1 Å². The molecule has 0 bridgehead atoms. The molecule has 1 aliphatic rings. The fourth-order valence-corrected chi connectivity index (χ4v) is 4.83. The number of non-ortho nitro benzene ring substituents is 1. The Hall–Kier alpha value is -2.45. The van der Waals surface area contributed by atoms with Gasteiger partial charge >= 0.3 is 5.97 Å². The van der Waals surface area contributed by atoms with Crippen LogP contribution in [0.3, 0.4) is 0 Å². The lowest BCUT2D eigenvalue weighted by atomic mass is 9.96. The molecule has 1 aliphatic carbocycles. The van der Waals surface area contributed by atoms with Crippen molar-refractivity contribution in [3.63, 3.8) is 0 Å². The predicted molar refractivity (Wildman–Crippen MR) is 108 cm³/mol. The fraction of sp³-hybridized carbons (Fsp3) is 0.368. The van der Waals surface area contributed by atoms with Crippen LogP contribution < -0.4 is 5.32 Å². The van der Waals surface area contributed by atoms with Gasteiger partial charge in [-0.2, -0.15) is 0 Å². The second kappa shape index (κ2) is 8.70. The number of hydrogen-bond acceptors (Lipinski definition) is 6. The van der Waals surface area contributed by atoms with Gasteiger partial charge in [0.2, 0.25) is 0 Å². The number of amides is 1. The highest BCUT2D eigenvalue weighted by molar-refractivity contribution is 7.17. The Bertz CT molecular complexity index is 941. The van der Waals surface area contributed by atoms with Crippen LogP contribution in [0.5, 0.6) is 0 Å². The first kappa shape index (κ1) is 20.3. The number of fused-ring (bicyclic) bond motifs is 1. The molecule has 0 aliphatic heterocycles. The van der Waals surface area contributed by atoms with Crippen LogP contribution in [0.15, 0.2) is 18.2 Å². The number of nitrogens with zero attached hydrogens (tertiary/aromatic N) is 1. The van der Waals surface area contributed by atoms with Gasteiger partial charge in [0.15, 0.2) is 0 Å². The second-order valence-electron chi connectivity index (χ2n) is 6.49. The van der Waals surface area contributed by atoms with E-state index in [1.165, 1.54) is 30.6 Å². The highest BCUT2D eigenvalue weighted by Crippen LogP contribution is 2.38. The number of anilines is 1. The molecule has 0 fully saturated rings. The molecule has 1 aromatic carbocycles. The van der Waals surface area contributed by atoms with Crippen LogP contribution in [0, 0.1) is 10.1 Å². The van der Waals surface area contributed by atoms with Crippen LogP contribution in [0.4, 0.5) is 10.7 Å². The molecule has 0 spiro atoms. The molecule has 1 N–H and O–H groups in total. The van der Waals surface area contributed by atoms with Crippen molar-refractivity contribution >= 4 is 45.5 Å². The van der Waals surface area contributed by atoms with Crippen molar-refractivity contribution in [3.8, 4) is 0 Å². The van der Waals surface area contributed by atoms with Crippen molar-refractivity contribution in [2.75, 3.05) is 12.4 Å². The Morgan fingerprint density at radius 1 is 1.21 bits per heavy atom. The van der Waals surface area contributed by atoms with Gasteiger partial charge in [-0.1, -0.05) is 24.4 Å². The number of rotatable bonds is 4. The summed E-state index contributed by atoms with van der Waals surface area (Å²) in [6.45, 7) is 0. The number of hydrogen-bond donors (Lipinski definition) is 1. The van der Waals surface area contributed by atoms with Crippen LogP contribution in [0.1, 0.15) is 56.8 Å². The number of ether oxygens (including phenoxy) is 1. The van der Waals surface area contributed by atoms with Crippen LogP contribution in [-0.2, 0) is 17.6 Å². The maximum atomic E-state index is 12.7. The monoisotopic (exact) mass is 422 g/mol. The minimum absolute atomic E-state index is 0.0266. The summed E-state index contributed by atoms with van der Waals surface area (Å²) in [4.78, 5) is 36.5. The number of benzene rings is 1. The van der Waals surface area contributed by atoms with E-state index in [1.54, 1.807) is 0 Å². The van der Waals surface area contributed by atoms with E-state index in [-0.39, 0.29) is 16.3 Å². The summed E-state index contributed by atoms with van der Waals surface area (Å²) < 4.78 is 4.94. The molecule has 9 heteroatoms. The topological polar surface area (TPSA) is 98.5 Å². The minimum atomic E-state index is -0.581. The molecule has 3 rings (SSSR count). The fourth-order valence-electron chi connectivity index (χ4n) is 3.30. The first-order chi connectivity index (χ1) is 13.4. The van der Waals surface area contributed by atoms with E-state index in [0.717, 1.165) is 55.0 Å². The molecular formula is C19H19ClN2O5S. The zero-order valence-corrected chi connectivity index (χ0v) is 16.8. The number of methoxy groups -OCH3 is 1. The zero-order chi connectivity index (χ0) is 20.3. The van der Waals surface area contributed by atoms with Crippen LogP contribution in [-0.4, -0.2) is 23.9 Å². The maximum Gasteiger partial charge on any atom is 0.341 e. The third kappa shape index (κ3) is 4.18. The van der Waals surface area contributed by atoms with Crippen molar-refractivity contribution in [1.82, 2.24) is 0 Å². The number of halogens is 1. The quantitative estimate of drug-likeness (QED) is 0.424. The van der Waals surface area contributed by atoms with Crippen molar-refractivity contribution in [3.05, 3.63) is 54.9 Å². The molecule has 1 aromatic heterocycles. The normalized spacial score (nSPS) is 13.8. The van der Waals surface area contributed by atoms with E-state index < -0.39 is 16.8 Å². The number of nitrogens with one attached hydrogen (secondary N) is 1. The summed E-state index contributed by atoms with van der Waals surface area (Å²) in [6, 6.07) is 3.65. The highest BCUT2D eigenvalue weighted by atomic mass is 35.5. The van der Waals surface area contributed by atoms with Crippen molar-refractivity contribution < 1.29 is 19.2 Å². The number of nitro groups is 1. The summed E-state index contributed by atoms with van der Waals surface area (Å²) >= 11 is 7.44. The Labute approximate surface area is 170 Å². The SMILES string of the molecule is COC(=O)c1c(NC(=O)c2ccc([N+](=O)[O-])cc2Cl)sc2c1CCCCCC2. The van der Waals surface area contributed by atoms with Crippen molar-refractivity contribution in [2.45, 2.75) is 38.5 Å². The van der Waals surface area contributed by atoms with Crippen LogP contribution in [0.2, 0.25) is 5.02 Å². The minimum Gasteiger partial charge on any atom is -0.465 e. The maximum absolute atomic E-state index is 12.7. The van der Waals surface area contributed by atoms with Crippen LogP contribution in [0.25, 0.3) is 0 Å². The Balaban J connectivity index is 1.95. The van der Waals surface area contributed by atoms with E-state index in [2.05, 4.69) is 5.32 Å². The Morgan fingerprint density at radius 3 is 2.57 bits per heavy atom. The molecule has 0 unspecified atom stereocenters. The molecule has 0 saturated heterocycles.